The second kappa shape index (κ2) is 6.75. The predicted molar refractivity (Wildman–Crippen MR) is 98.0 cm³/mol. The molecule has 4 N–H and O–H groups in total. The molecule has 0 aliphatic carbocycles. The van der Waals surface area contributed by atoms with Gasteiger partial charge < -0.3 is 11.5 Å². The Hall–Kier alpha value is -3.55. The van der Waals surface area contributed by atoms with Crippen molar-refractivity contribution in [3.8, 4) is 0 Å². The molecule has 1 aromatic carbocycles. The number of anilines is 2. The van der Waals surface area contributed by atoms with Gasteiger partial charge in [0.05, 0.1) is 23.8 Å². The van der Waals surface area contributed by atoms with Crippen molar-refractivity contribution in [3.05, 3.63) is 72.6 Å². The lowest BCUT2D eigenvalue weighted by molar-refractivity contribution is 0.537. The molecule has 2 heterocycles. The average molecular weight is 354 g/mol. The Morgan fingerprint density at radius 2 is 1.85 bits per heavy atom. The molecule has 6 nitrogen and oxygen atoms in total. The van der Waals surface area contributed by atoms with Crippen LogP contribution in [0, 0.1) is 11.6 Å². The van der Waals surface area contributed by atoms with Crippen LogP contribution < -0.4 is 11.5 Å². The average Bonchev–Trinajstić information content (AvgIpc) is 2.98. The van der Waals surface area contributed by atoms with Crippen LogP contribution in [0.5, 0.6) is 0 Å². The number of allylic oxidation sites excluding steroid dienone is 4. The Morgan fingerprint density at radius 3 is 2.46 bits per heavy atom. The molecule has 8 heteroatoms. The van der Waals surface area contributed by atoms with Gasteiger partial charge in [-0.2, -0.15) is 10.1 Å². The second-order valence-electron chi connectivity index (χ2n) is 5.49. The summed E-state index contributed by atoms with van der Waals surface area (Å²) in [6.07, 6.45) is 6.41. The minimum atomic E-state index is -0.758. The molecule has 0 aliphatic heterocycles. The topological polar surface area (TPSA) is 95.6 Å². The summed E-state index contributed by atoms with van der Waals surface area (Å²) >= 11 is 0. The monoisotopic (exact) mass is 354 g/mol. The normalized spacial score (nSPS) is 11.7. The summed E-state index contributed by atoms with van der Waals surface area (Å²) in [5, 5.41) is 4.75. The lowest BCUT2D eigenvalue weighted by atomic mass is 10.1. The fourth-order valence-electron chi connectivity index (χ4n) is 2.60. The largest absolute Gasteiger partial charge is 0.399 e. The summed E-state index contributed by atoms with van der Waals surface area (Å²) in [6, 6.07) is 2.11. The zero-order valence-corrected chi connectivity index (χ0v) is 13.8. The number of nitrogens with zero attached hydrogens (tertiary/aromatic N) is 4. The van der Waals surface area contributed by atoms with Gasteiger partial charge in [0.2, 0.25) is 5.95 Å². The van der Waals surface area contributed by atoms with E-state index in [0.717, 1.165) is 12.1 Å². The lowest BCUT2D eigenvalue weighted by Gasteiger charge is -2.08. The highest BCUT2D eigenvalue weighted by Gasteiger charge is 2.17. The summed E-state index contributed by atoms with van der Waals surface area (Å²) < 4.78 is 29.5. The van der Waals surface area contributed by atoms with E-state index in [2.05, 4.69) is 28.2 Å². The third-order valence-electron chi connectivity index (χ3n) is 3.78. The summed E-state index contributed by atoms with van der Waals surface area (Å²) in [6.45, 7) is 7.22. The van der Waals surface area contributed by atoms with Gasteiger partial charge in [-0.25, -0.2) is 18.4 Å². The number of nitrogens with two attached hydrogens (primary N) is 2. The molecule has 0 radical (unpaired) electrons. The zero-order chi connectivity index (χ0) is 18.8. The maximum atomic E-state index is 14.1. The van der Waals surface area contributed by atoms with Gasteiger partial charge in [-0.3, -0.25) is 0 Å². The number of rotatable bonds is 5. The second-order valence-corrected chi connectivity index (χ2v) is 5.49. The first-order valence-electron chi connectivity index (χ1n) is 7.62. The van der Waals surface area contributed by atoms with Gasteiger partial charge >= 0.3 is 0 Å². The molecule has 0 unspecified atom stereocenters. The van der Waals surface area contributed by atoms with E-state index in [9.17, 15) is 8.78 Å². The van der Waals surface area contributed by atoms with Crippen LogP contribution in [0.2, 0.25) is 0 Å². The first kappa shape index (κ1) is 17.3. The van der Waals surface area contributed by atoms with E-state index >= 15 is 0 Å². The molecular weight excluding hydrogens is 338 g/mol. The maximum absolute atomic E-state index is 14.1. The van der Waals surface area contributed by atoms with Gasteiger partial charge in [0.1, 0.15) is 11.6 Å². The Labute approximate surface area is 148 Å². The van der Waals surface area contributed by atoms with Crippen molar-refractivity contribution in [3.63, 3.8) is 0 Å². The van der Waals surface area contributed by atoms with Crippen molar-refractivity contribution in [2.75, 3.05) is 11.5 Å². The number of benzene rings is 1. The van der Waals surface area contributed by atoms with Crippen molar-refractivity contribution >= 4 is 28.2 Å². The van der Waals surface area contributed by atoms with E-state index in [0.29, 0.717) is 22.3 Å². The summed E-state index contributed by atoms with van der Waals surface area (Å²) in [5.74, 6) is -1.51. The summed E-state index contributed by atoms with van der Waals surface area (Å²) in [4.78, 5) is 8.38. The third-order valence-corrected chi connectivity index (χ3v) is 3.78. The van der Waals surface area contributed by atoms with Crippen molar-refractivity contribution in [2.24, 2.45) is 0 Å². The smallest absolute Gasteiger partial charge is 0.222 e. The molecule has 0 saturated heterocycles. The van der Waals surface area contributed by atoms with Crippen LogP contribution in [0.25, 0.3) is 16.6 Å². The van der Waals surface area contributed by atoms with Crippen LogP contribution in [0.3, 0.4) is 0 Å². The molecule has 0 saturated carbocycles. The maximum Gasteiger partial charge on any atom is 0.222 e. The van der Waals surface area contributed by atoms with E-state index in [1.807, 2.05) is 0 Å². The summed E-state index contributed by atoms with van der Waals surface area (Å²) in [5.41, 5.74) is 12.6. The molecule has 0 spiro atoms. The molecule has 3 rings (SSSR count). The molecule has 3 aromatic rings. The summed E-state index contributed by atoms with van der Waals surface area (Å²) in [7, 11) is 0. The Bertz CT molecular complexity index is 1030. The SMILES string of the molecule is C=C/C=C(\C=C)c1nc(N)nc2c1cnn2Cc1c(F)cc(N)cc1F. The minimum absolute atomic E-state index is 0.00399. The van der Waals surface area contributed by atoms with Gasteiger partial charge in [-0.1, -0.05) is 31.4 Å². The Kier molecular flexibility index (Phi) is 4.49. The van der Waals surface area contributed by atoms with Crippen molar-refractivity contribution in [2.45, 2.75) is 6.54 Å². The predicted octanol–water partition coefficient (Wildman–Crippen LogP) is 3.07. The van der Waals surface area contributed by atoms with Gasteiger partial charge in [-0.15, -0.1) is 0 Å². The number of halogens is 2. The molecular formula is C18H16F2N6. The van der Waals surface area contributed by atoms with E-state index in [1.54, 1.807) is 18.2 Å². The van der Waals surface area contributed by atoms with Crippen molar-refractivity contribution in [1.29, 1.82) is 0 Å². The van der Waals surface area contributed by atoms with Crippen LogP contribution in [-0.4, -0.2) is 19.7 Å². The lowest BCUT2D eigenvalue weighted by Crippen LogP contribution is -2.09. The molecule has 0 fully saturated rings. The number of nitrogen functional groups attached to an aromatic ring is 2. The fraction of sp³-hybridized carbons (Fsp3) is 0.0556. The van der Waals surface area contributed by atoms with E-state index < -0.39 is 11.6 Å². The molecule has 0 atom stereocenters. The van der Waals surface area contributed by atoms with E-state index in [4.69, 9.17) is 11.5 Å². The Morgan fingerprint density at radius 1 is 1.15 bits per heavy atom. The molecule has 2 aromatic heterocycles. The highest BCUT2D eigenvalue weighted by molar-refractivity contribution is 5.91. The van der Waals surface area contributed by atoms with Crippen LogP contribution in [0.4, 0.5) is 20.4 Å². The number of fused-ring (bicyclic) bond motifs is 1. The number of hydrogen-bond acceptors (Lipinski definition) is 5. The Balaban J connectivity index is 2.16. The van der Waals surface area contributed by atoms with Gasteiger partial charge in [-0.05, 0) is 12.1 Å². The van der Waals surface area contributed by atoms with Crippen LogP contribution in [0.15, 0.2) is 49.7 Å². The van der Waals surface area contributed by atoms with Gasteiger partial charge in [0, 0.05) is 16.8 Å². The van der Waals surface area contributed by atoms with Crippen LogP contribution in [-0.2, 0) is 6.54 Å². The first-order chi connectivity index (χ1) is 12.4. The van der Waals surface area contributed by atoms with E-state index in [1.165, 1.54) is 10.9 Å². The van der Waals surface area contributed by atoms with Crippen molar-refractivity contribution < 1.29 is 8.78 Å². The molecule has 0 bridgehead atoms. The number of hydrogen-bond donors (Lipinski definition) is 2. The molecule has 0 aliphatic rings. The molecule has 132 valence electrons. The standard InChI is InChI=1S/C18H16F2N6/c1-3-5-10(4-2)16-12-8-23-26(17(12)25-18(22)24-16)9-13-14(19)6-11(21)7-15(13)20/h3-8H,1-2,9,21H2,(H2,22,24,25)/b10-5+. The van der Waals surface area contributed by atoms with Gasteiger partial charge in [0.15, 0.2) is 5.65 Å². The van der Waals surface area contributed by atoms with E-state index in [-0.39, 0.29) is 23.7 Å². The fourth-order valence-corrected chi connectivity index (χ4v) is 2.60. The zero-order valence-electron chi connectivity index (χ0n) is 13.8. The first-order valence-corrected chi connectivity index (χ1v) is 7.62. The molecule has 26 heavy (non-hydrogen) atoms. The minimum Gasteiger partial charge on any atom is -0.399 e. The van der Waals surface area contributed by atoms with Gasteiger partial charge in [0.25, 0.3) is 0 Å². The highest BCUT2D eigenvalue weighted by atomic mass is 19.1. The molecule has 0 amide bonds. The number of aromatic nitrogens is 4. The van der Waals surface area contributed by atoms with Crippen LogP contribution >= 0.6 is 0 Å². The highest BCUT2D eigenvalue weighted by Crippen LogP contribution is 2.25. The van der Waals surface area contributed by atoms with Crippen molar-refractivity contribution in [1.82, 2.24) is 19.7 Å². The van der Waals surface area contributed by atoms with Crippen LogP contribution in [0.1, 0.15) is 11.3 Å². The third kappa shape index (κ3) is 3.04. The quantitative estimate of drug-likeness (QED) is 0.542.